The molecule has 8 nitrogen and oxygen atoms in total. The molecular weight excluding hydrogens is 494 g/mol. The lowest BCUT2D eigenvalue weighted by Gasteiger charge is -2.34. The second kappa shape index (κ2) is 12.6. The summed E-state index contributed by atoms with van der Waals surface area (Å²) in [6.45, 7) is 12.0. The summed E-state index contributed by atoms with van der Waals surface area (Å²) in [6, 6.07) is 16.6. The van der Waals surface area contributed by atoms with Gasteiger partial charge in [-0.25, -0.2) is 4.79 Å². The van der Waals surface area contributed by atoms with E-state index in [1.807, 2.05) is 68.4 Å². The molecule has 2 unspecified atom stereocenters. The Labute approximate surface area is 229 Å². The van der Waals surface area contributed by atoms with Crippen LogP contribution in [-0.4, -0.2) is 52.7 Å². The van der Waals surface area contributed by atoms with Crippen LogP contribution in [0.1, 0.15) is 43.5 Å². The molecule has 0 aromatic heterocycles. The number of carbonyl (C=O) groups is 3. The van der Waals surface area contributed by atoms with Crippen molar-refractivity contribution in [3.8, 4) is 0 Å². The number of anilines is 1. The molecule has 0 saturated heterocycles. The van der Waals surface area contributed by atoms with E-state index in [1.54, 1.807) is 26.8 Å². The SMILES string of the molecule is C=CCN(C(=O)C(CO)NC(=O)OC(C)(C)C)C(C(=O)Nc1ccc2ccccc2c1)c1ccc(C)cc1C. The topological polar surface area (TPSA) is 108 Å². The van der Waals surface area contributed by atoms with Crippen LogP contribution >= 0.6 is 0 Å². The fourth-order valence-electron chi connectivity index (χ4n) is 4.36. The summed E-state index contributed by atoms with van der Waals surface area (Å²) < 4.78 is 5.27. The van der Waals surface area contributed by atoms with Gasteiger partial charge in [-0.1, -0.05) is 60.2 Å². The highest BCUT2D eigenvalue weighted by Gasteiger charge is 2.36. The highest BCUT2D eigenvalue weighted by Crippen LogP contribution is 2.28. The number of aryl methyl sites for hydroxylation is 2. The number of amides is 3. The number of alkyl carbamates (subject to hydrolysis) is 1. The fourth-order valence-corrected chi connectivity index (χ4v) is 4.36. The van der Waals surface area contributed by atoms with E-state index < -0.39 is 42.2 Å². The lowest BCUT2D eigenvalue weighted by atomic mass is 9.96. The van der Waals surface area contributed by atoms with Crippen LogP contribution < -0.4 is 10.6 Å². The first kappa shape index (κ1) is 29.4. The molecule has 3 aromatic rings. The highest BCUT2D eigenvalue weighted by atomic mass is 16.6. The van der Waals surface area contributed by atoms with Gasteiger partial charge in [0.15, 0.2) is 0 Å². The summed E-state index contributed by atoms with van der Waals surface area (Å²) in [5.41, 5.74) is 2.21. The summed E-state index contributed by atoms with van der Waals surface area (Å²) in [6.07, 6.45) is 0.650. The summed E-state index contributed by atoms with van der Waals surface area (Å²) in [5, 5.41) is 17.4. The van der Waals surface area contributed by atoms with E-state index >= 15 is 0 Å². The third-order valence-corrected chi connectivity index (χ3v) is 6.08. The first-order valence-electron chi connectivity index (χ1n) is 12.8. The first-order chi connectivity index (χ1) is 18.4. The van der Waals surface area contributed by atoms with E-state index in [4.69, 9.17) is 4.74 Å². The molecule has 0 heterocycles. The number of nitrogens with one attached hydrogen (secondary N) is 2. The minimum atomic E-state index is -1.33. The molecule has 0 bridgehead atoms. The van der Waals surface area contributed by atoms with Crippen molar-refractivity contribution in [1.29, 1.82) is 0 Å². The molecule has 8 heteroatoms. The molecule has 0 spiro atoms. The minimum absolute atomic E-state index is 0.00550. The average molecular weight is 532 g/mol. The van der Waals surface area contributed by atoms with Crippen molar-refractivity contribution < 1.29 is 24.2 Å². The fraction of sp³-hybridized carbons (Fsp3) is 0.323. The minimum Gasteiger partial charge on any atom is -0.444 e. The smallest absolute Gasteiger partial charge is 0.408 e. The zero-order valence-electron chi connectivity index (χ0n) is 23.2. The molecule has 0 aliphatic rings. The Balaban J connectivity index is 2.00. The Morgan fingerprint density at radius 3 is 2.33 bits per heavy atom. The third kappa shape index (κ3) is 7.67. The van der Waals surface area contributed by atoms with E-state index in [9.17, 15) is 19.5 Å². The van der Waals surface area contributed by atoms with Crippen LogP contribution in [0.2, 0.25) is 0 Å². The number of nitrogens with zero attached hydrogens (tertiary/aromatic N) is 1. The standard InChI is InChI=1S/C31H37N3O5/c1-7-16-34(29(37)26(19-35)33-30(38)39-31(4,5)6)27(25-15-12-20(2)17-21(25)3)28(36)32-24-14-13-22-10-8-9-11-23(22)18-24/h7-15,17-18,26-27,35H,1,16,19H2,2-6H3,(H,32,36)(H,33,38). The maximum absolute atomic E-state index is 13.9. The van der Waals surface area contributed by atoms with Crippen molar-refractivity contribution >= 4 is 34.4 Å². The molecular formula is C31H37N3O5. The van der Waals surface area contributed by atoms with Gasteiger partial charge in [0, 0.05) is 12.2 Å². The van der Waals surface area contributed by atoms with E-state index in [0.717, 1.165) is 21.9 Å². The van der Waals surface area contributed by atoms with Gasteiger partial charge < -0.3 is 25.4 Å². The number of aliphatic hydroxyl groups excluding tert-OH is 1. The number of aliphatic hydroxyl groups is 1. The van der Waals surface area contributed by atoms with Gasteiger partial charge in [0.25, 0.3) is 5.91 Å². The van der Waals surface area contributed by atoms with Gasteiger partial charge in [0.2, 0.25) is 5.91 Å². The molecule has 3 amide bonds. The number of rotatable bonds is 9. The Morgan fingerprint density at radius 1 is 1.03 bits per heavy atom. The van der Waals surface area contributed by atoms with Crippen LogP contribution in [0, 0.1) is 13.8 Å². The van der Waals surface area contributed by atoms with Crippen LogP contribution in [0.3, 0.4) is 0 Å². The van der Waals surface area contributed by atoms with Gasteiger partial charge in [0.1, 0.15) is 17.7 Å². The van der Waals surface area contributed by atoms with Gasteiger partial charge in [-0.05, 0) is 68.7 Å². The number of hydrogen-bond acceptors (Lipinski definition) is 5. The second-order valence-corrected chi connectivity index (χ2v) is 10.5. The third-order valence-electron chi connectivity index (χ3n) is 6.08. The maximum Gasteiger partial charge on any atom is 0.408 e. The number of benzene rings is 3. The van der Waals surface area contributed by atoms with Crippen LogP contribution in [0.25, 0.3) is 10.8 Å². The Bertz CT molecular complexity index is 1360. The zero-order chi connectivity index (χ0) is 28.7. The Morgan fingerprint density at radius 2 is 1.72 bits per heavy atom. The van der Waals surface area contributed by atoms with Crippen molar-refractivity contribution in [2.75, 3.05) is 18.5 Å². The van der Waals surface area contributed by atoms with Gasteiger partial charge in [-0.15, -0.1) is 6.58 Å². The molecule has 3 aromatic carbocycles. The van der Waals surface area contributed by atoms with Crippen molar-refractivity contribution in [3.63, 3.8) is 0 Å². The normalized spacial score (nSPS) is 12.8. The molecule has 3 N–H and O–H groups in total. The molecule has 0 aliphatic carbocycles. The van der Waals surface area contributed by atoms with Crippen molar-refractivity contribution in [2.45, 2.75) is 52.3 Å². The lowest BCUT2D eigenvalue weighted by Crippen LogP contribution is -2.54. The molecule has 0 saturated carbocycles. The Kier molecular flexibility index (Phi) is 9.48. The largest absolute Gasteiger partial charge is 0.444 e. The number of carbonyl (C=O) groups excluding carboxylic acids is 3. The van der Waals surface area contributed by atoms with E-state index in [-0.39, 0.29) is 6.54 Å². The molecule has 0 aliphatic heterocycles. The van der Waals surface area contributed by atoms with Crippen molar-refractivity contribution in [2.24, 2.45) is 0 Å². The number of ether oxygens (including phenoxy) is 1. The summed E-state index contributed by atoms with van der Waals surface area (Å²) in [5.74, 6) is -1.09. The molecule has 2 atom stereocenters. The molecule has 3 rings (SSSR count). The van der Waals surface area contributed by atoms with E-state index in [0.29, 0.717) is 11.3 Å². The molecule has 39 heavy (non-hydrogen) atoms. The summed E-state index contributed by atoms with van der Waals surface area (Å²) >= 11 is 0. The van der Waals surface area contributed by atoms with E-state index in [1.165, 1.54) is 11.0 Å². The van der Waals surface area contributed by atoms with Crippen LogP contribution in [0.15, 0.2) is 73.3 Å². The number of fused-ring (bicyclic) bond motifs is 1. The predicted molar refractivity (Wildman–Crippen MR) is 153 cm³/mol. The van der Waals surface area contributed by atoms with Gasteiger partial charge in [-0.2, -0.15) is 0 Å². The quantitative estimate of drug-likeness (QED) is 0.336. The van der Waals surface area contributed by atoms with Crippen LogP contribution in [-0.2, 0) is 14.3 Å². The summed E-state index contributed by atoms with van der Waals surface area (Å²) in [7, 11) is 0. The molecule has 0 radical (unpaired) electrons. The number of hydrogen-bond donors (Lipinski definition) is 3. The molecule has 0 fully saturated rings. The van der Waals surface area contributed by atoms with Gasteiger partial charge in [-0.3, -0.25) is 9.59 Å². The van der Waals surface area contributed by atoms with Gasteiger partial charge in [0.05, 0.1) is 6.61 Å². The average Bonchev–Trinajstić information content (AvgIpc) is 2.86. The maximum atomic E-state index is 13.9. The van der Waals surface area contributed by atoms with Crippen molar-refractivity contribution in [3.05, 3.63) is 90.0 Å². The molecule has 206 valence electrons. The monoisotopic (exact) mass is 531 g/mol. The van der Waals surface area contributed by atoms with Crippen molar-refractivity contribution in [1.82, 2.24) is 10.2 Å². The zero-order valence-corrected chi connectivity index (χ0v) is 23.2. The Hall–Kier alpha value is -4.17. The highest BCUT2D eigenvalue weighted by molar-refractivity contribution is 6.00. The van der Waals surface area contributed by atoms with Crippen LogP contribution in [0.4, 0.5) is 10.5 Å². The van der Waals surface area contributed by atoms with Crippen LogP contribution in [0.5, 0.6) is 0 Å². The predicted octanol–water partition coefficient (Wildman–Crippen LogP) is 5.04. The summed E-state index contributed by atoms with van der Waals surface area (Å²) in [4.78, 5) is 41.4. The lowest BCUT2D eigenvalue weighted by molar-refractivity contribution is -0.140. The second-order valence-electron chi connectivity index (χ2n) is 10.5. The first-order valence-corrected chi connectivity index (χ1v) is 12.8. The van der Waals surface area contributed by atoms with E-state index in [2.05, 4.69) is 17.2 Å². The van der Waals surface area contributed by atoms with Gasteiger partial charge >= 0.3 is 6.09 Å².